The van der Waals surface area contributed by atoms with Crippen LogP contribution in [-0.4, -0.2) is 24.8 Å². The van der Waals surface area contributed by atoms with Crippen molar-refractivity contribution >= 4 is 17.7 Å². The number of amides is 1. The zero-order valence-corrected chi connectivity index (χ0v) is 13.9. The van der Waals surface area contributed by atoms with Crippen LogP contribution in [0, 0.1) is 11.8 Å². The molecule has 0 saturated carbocycles. The van der Waals surface area contributed by atoms with Crippen LogP contribution in [0.15, 0.2) is 59.5 Å². The Bertz CT molecular complexity index is 672. The molecule has 0 heterocycles. The SMILES string of the molecule is CCOc1ccc(SCC(=O)NCC#Cc2ccccc2)cc1. The second-order valence-corrected chi connectivity index (χ2v) is 5.69. The van der Waals surface area contributed by atoms with Crippen LogP contribution in [0.2, 0.25) is 0 Å². The number of thioether (sulfide) groups is 1. The molecule has 0 spiro atoms. The first-order valence-electron chi connectivity index (χ1n) is 7.44. The van der Waals surface area contributed by atoms with Crippen molar-refractivity contribution in [2.24, 2.45) is 0 Å². The average molecular weight is 325 g/mol. The summed E-state index contributed by atoms with van der Waals surface area (Å²) in [5.41, 5.74) is 0.950. The Hall–Kier alpha value is -2.38. The van der Waals surface area contributed by atoms with E-state index in [0.29, 0.717) is 18.9 Å². The molecule has 118 valence electrons. The Balaban J connectivity index is 1.70. The Morgan fingerprint density at radius 1 is 1.13 bits per heavy atom. The van der Waals surface area contributed by atoms with Gasteiger partial charge in [0.25, 0.3) is 0 Å². The molecular formula is C19H19NO2S. The van der Waals surface area contributed by atoms with Crippen molar-refractivity contribution in [1.29, 1.82) is 0 Å². The van der Waals surface area contributed by atoms with Crippen LogP contribution >= 0.6 is 11.8 Å². The molecule has 0 fully saturated rings. The fourth-order valence-corrected chi connectivity index (χ4v) is 2.54. The van der Waals surface area contributed by atoms with Crippen LogP contribution < -0.4 is 10.1 Å². The summed E-state index contributed by atoms with van der Waals surface area (Å²) in [6.07, 6.45) is 0. The maximum Gasteiger partial charge on any atom is 0.231 e. The first-order chi connectivity index (χ1) is 11.3. The van der Waals surface area contributed by atoms with Gasteiger partial charge in [-0.05, 0) is 43.3 Å². The van der Waals surface area contributed by atoms with Gasteiger partial charge in [0, 0.05) is 10.5 Å². The van der Waals surface area contributed by atoms with Crippen LogP contribution in [0.5, 0.6) is 5.75 Å². The zero-order valence-electron chi connectivity index (χ0n) is 13.0. The summed E-state index contributed by atoms with van der Waals surface area (Å²) in [6, 6.07) is 17.4. The minimum absolute atomic E-state index is 0.0220. The van der Waals surface area contributed by atoms with E-state index in [-0.39, 0.29) is 5.91 Å². The number of benzene rings is 2. The van der Waals surface area contributed by atoms with Gasteiger partial charge in [0.15, 0.2) is 0 Å². The highest BCUT2D eigenvalue weighted by atomic mass is 32.2. The Morgan fingerprint density at radius 3 is 2.57 bits per heavy atom. The van der Waals surface area contributed by atoms with E-state index in [4.69, 9.17) is 4.74 Å². The summed E-state index contributed by atoms with van der Waals surface area (Å²) in [5, 5.41) is 2.80. The maximum atomic E-state index is 11.8. The van der Waals surface area contributed by atoms with Crippen LogP contribution in [0.4, 0.5) is 0 Å². The largest absolute Gasteiger partial charge is 0.494 e. The third-order valence-corrected chi connectivity index (χ3v) is 3.90. The molecule has 1 N–H and O–H groups in total. The quantitative estimate of drug-likeness (QED) is 0.654. The smallest absolute Gasteiger partial charge is 0.231 e. The Kier molecular flexibility index (Phi) is 7.09. The number of nitrogens with one attached hydrogen (secondary N) is 1. The molecule has 0 aliphatic rings. The number of carbonyl (C=O) groups is 1. The van der Waals surface area contributed by atoms with Crippen LogP contribution in [0.25, 0.3) is 0 Å². The molecule has 1 amide bonds. The van der Waals surface area contributed by atoms with Crippen LogP contribution in [0.1, 0.15) is 12.5 Å². The number of hydrogen-bond acceptors (Lipinski definition) is 3. The van der Waals surface area contributed by atoms with Crippen molar-refractivity contribution in [3.63, 3.8) is 0 Å². The molecule has 0 aromatic heterocycles. The van der Waals surface area contributed by atoms with Gasteiger partial charge in [-0.15, -0.1) is 11.8 Å². The topological polar surface area (TPSA) is 38.3 Å². The normalized spacial score (nSPS) is 9.61. The van der Waals surface area contributed by atoms with Gasteiger partial charge in [-0.25, -0.2) is 0 Å². The van der Waals surface area contributed by atoms with E-state index >= 15 is 0 Å². The molecule has 2 aromatic carbocycles. The zero-order chi connectivity index (χ0) is 16.3. The van der Waals surface area contributed by atoms with Crippen molar-refractivity contribution < 1.29 is 9.53 Å². The van der Waals surface area contributed by atoms with Crippen molar-refractivity contribution in [3.8, 4) is 17.6 Å². The highest BCUT2D eigenvalue weighted by molar-refractivity contribution is 8.00. The third-order valence-electron chi connectivity index (χ3n) is 2.89. The number of hydrogen-bond donors (Lipinski definition) is 1. The summed E-state index contributed by atoms with van der Waals surface area (Å²) >= 11 is 1.49. The Morgan fingerprint density at radius 2 is 1.87 bits per heavy atom. The van der Waals surface area contributed by atoms with Gasteiger partial charge < -0.3 is 10.1 Å². The van der Waals surface area contributed by atoms with Crippen molar-refractivity contribution in [2.45, 2.75) is 11.8 Å². The van der Waals surface area contributed by atoms with E-state index in [1.54, 1.807) is 0 Å². The first-order valence-corrected chi connectivity index (χ1v) is 8.43. The second kappa shape index (κ2) is 9.60. The molecule has 0 atom stereocenters. The van der Waals surface area contributed by atoms with E-state index in [1.807, 2.05) is 61.5 Å². The van der Waals surface area contributed by atoms with Crippen molar-refractivity contribution in [1.82, 2.24) is 5.32 Å². The average Bonchev–Trinajstić information content (AvgIpc) is 2.59. The van der Waals surface area contributed by atoms with Gasteiger partial charge in [0.1, 0.15) is 5.75 Å². The molecule has 0 bridgehead atoms. The summed E-state index contributed by atoms with van der Waals surface area (Å²) in [5.74, 6) is 7.15. The van der Waals surface area contributed by atoms with Gasteiger partial charge in [0.2, 0.25) is 5.91 Å². The molecule has 23 heavy (non-hydrogen) atoms. The monoisotopic (exact) mass is 325 g/mol. The molecule has 2 aromatic rings. The molecule has 4 heteroatoms. The van der Waals surface area contributed by atoms with E-state index in [9.17, 15) is 4.79 Å². The minimum atomic E-state index is -0.0220. The van der Waals surface area contributed by atoms with Gasteiger partial charge in [-0.2, -0.15) is 0 Å². The molecule has 0 radical (unpaired) electrons. The Labute approximate surface area is 141 Å². The fraction of sp³-hybridized carbons (Fsp3) is 0.211. The van der Waals surface area contributed by atoms with Crippen molar-refractivity contribution in [2.75, 3.05) is 18.9 Å². The molecule has 0 aliphatic carbocycles. The molecule has 0 aliphatic heterocycles. The molecule has 0 saturated heterocycles. The summed E-state index contributed by atoms with van der Waals surface area (Å²) < 4.78 is 5.38. The second-order valence-electron chi connectivity index (χ2n) is 4.64. The van der Waals surface area contributed by atoms with Crippen molar-refractivity contribution in [3.05, 3.63) is 60.2 Å². The highest BCUT2D eigenvalue weighted by Crippen LogP contribution is 2.21. The number of carbonyl (C=O) groups excluding carboxylic acids is 1. The summed E-state index contributed by atoms with van der Waals surface area (Å²) in [4.78, 5) is 12.8. The molecule has 3 nitrogen and oxygen atoms in total. The lowest BCUT2D eigenvalue weighted by molar-refractivity contribution is -0.118. The van der Waals surface area contributed by atoms with Gasteiger partial charge in [-0.3, -0.25) is 4.79 Å². The lowest BCUT2D eigenvalue weighted by atomic mass is 10.2. The predicted octanol–water partition coefficient (Wildman–Crippen LogP) is 3.35. The van der Waals surface area contributed by atoms with E-state index in [1.165, 1.54) is 11.8 Å². The molecule has 0 unspecified atom stereocenters. The fourth-order valence-electron chi connectivity index (χ4n) is 1.81. The lowest BCUT2D eigenvalue weighted by Gasteiger charge is -2.05. The van der Waals surface area contributed by atoms with Gasteiger partial charge >= 0.3 is 0 Å². The van der Waals surface area contributed by atoms with Crippen LogP contribution in [-0.2, 0) is 4.79 Å². The molecular weight excluding hydrogens is 306 g/mol. The molecule has 2 rings (SSSR count). The lowest BCUT2D eigenvalue weighted by Crippen LogP contribution is -2.25. The standard InChI is InChI=1S/C19H19NO2S/c1-2-22-17-10-12-18(13-11-17)23-15-19(21)20-14-6-9-16-7-4-3-5-8-16/h3-5,7-8,10-13H,2,14-15H2,1H3,(H,20,21). The highest BCUT2D eigenvalue weighted by Gasteiger charge is 2.02. The van der Waals surface area contributed by atoms with E-state index in [0.717, 1.165) is 16.2 Å². The van der Waals surface area contributed by atoms with E-state index < -0.39 is 0 Å². The third kappa shape index (κ3) is 6.50. The van der Waals surface area contributed by atoms with Crippen LogP contribution in [0.3, 0.4) is 0 Å². The first kappa shape index (κ1) is 17.0. The summed E-state index contributed by atoms with van der Waals surface area (Å²) in [6.45, 7) is 2.96. The minimum Gasteiger partial charge on any atom is -0.494 e. The van der Waals surface area contributed by atoms with Gasteiger partial charge in [0.05, 0.1) is 18.9 Å². The summed E-state index contributed by atoms with van der Waals surface area (Å²) in [7, 11) is 0. The van der Waals surface area contributed by atoms with E-state index in [2.05, 4.69) is 17.2 Å². The number of ether oxygens (including phenoxy) is 1. The maximum absolute atomic E-state index is 11.8. The predicted molar refractivity (Wildman–Crippen MR) is 94.7 cm³/mol. The number of rotatable bonds is 6. The van der Waals surface area contributed by atoms with Gasteiger partial charge in [-0.1, -0.05) is 30.0 Å².